The summed E-state index contributed by atoms with van der Waals surface area (Å²) < 4.78 is 42.4. The number of amides is 1. The molecule has 27 heavy (non-hydrogen) atoms. The van der Waals surface area contributed by atoms with Crippen LogP contribution >= 0.6 is 0 Å². The summed E-state index contributed by atoms with van der Waals surface area (Å²) in [6, 6.07) is 3.46. The second kappa shape index (κ2) is 6.80. The highest BCUT2D eigenvalue weighted by Crippen LogP contribution is 2.39. The molecule has 1 unspecified atom stereocenters. The molecule has 0 fully saturated rings. The Kier molecular flexibility index (Phi) is 4.66. The number of nitrogens with two attached hydrogens (primary N) is 2. The third-order valence-corrected chi connectivity index (χ3v) is 3.95. The van der Waals surface area contributed by atoms with Crippen LogP contribution in [0.25, 0.3) is 11.3 Å². The van der Waals surface area contributed by atoms with Gasteiger partial charge in [-0.15, -0.1) is 13.2 Å². The van der Waals surface area contributed by atoms with Gasteiger partial charge in [0.1, 0.15) is 11.3 Å². The van der Waals surface area contributed by atoms with E-state index in [4.69, 9.17) is 11.5 Å². The Morgan fingerprint density at radius 2 is 1.96 bits per heavy atom. The largest absolute Gasteiger partial charge is 0.572 e. The van der Waals surface area contributed by atoms with Crippen molar-refractivity contribution in [3.05, 3.63) is 66.1 Å². The minimum atomic E-state index is -4.96. The average molecular weight is 377 g/mol. The highest BCUT2D eigenvalue weighted by Gasteiger charge is 2.44. The second-order valence-corrected chi connectivity index (χ2v) is 5.81. The molecule has 0 bridgehead atoms. The monoisotopic (exact) mass is 377 g/mol. The van der Waals surface area contributed by atoms with Gasteiger partial charge in [0, 0.05) is 30.0 Å². The van der Waals surface area contributed by atoms with Crippen LogP contribution in [-0.4, -0.2) is 27.2 Å². The zero-order valence-corrected chi connectivity index (χ0v) is 13.8. The molecule has 2 aromatic heterocycles. The first kappa shape index (κ1) is 18.5. The second-order valence-electron chi connectivity index (χ2n) is 5.81. The lowest BCUT2D eigenvalue weighted by Crippen LogP contribution is -2.45. The number of ether oxygens (including phenoxy) is 1. The Bertz CT molecular complexity index is 910. The molecule has 3 rings (SSSR count). The number of hydrogen-bond donors (Lipinski definition) is 2. The number of carbonyl (C=O) groups excluding carboxylic acids is 1. The molecule has 1 aliphatic carbocycles. The maximum absolute atomic E-state index is 12.8. The molecule has 0 saturated carbocycles. The van der Waals surface area contributed by atoms with E-state index in [9.17, 15) is 18.0 Å². The Hall–Kier alpha value is -3.27. The van der Waals surface area contributed by atoms with Crippen LogP contribution < -0.4 is 11.5 Å². The van der Waals surface area contributed by atoms with Crippen molar-refractivity contribution in [2.75, 3.05) is 0 Å². The molecule has 10 heteroatoms. The van der Waals surface area contributed by atoms with E-state index in [1.807, 2.05) is 0 Å². The van der Waals surface area contributed by atoms with E-state index in [0.29, 0.717) is 11.3 Å². The van der Waals surface area contributed by atoms with Gasteiger partial charge in [0.05, 0.1) is 23.8 Å². The average Bonchev–Trinajstić information content (AvgIpc) is 2.63. The molecule has 140 valence electrons. The van der Waals surface area contributed by atoms with Gasteiger partial charge in [-0.2, -0.15) is 0 Å². The number of alkyl halides is 3. The van der Waals surface area contributed by atoms with Crippen molar-refractivity contribution < 1.29 is 22.7 Å². The molecule has 0 spiro atoms. The summed E-state index contributed by atoms with van der Waals surface area (Å²) in [5, 5.41) is 0. The number of aromatic nitrogens is 3. The van der Waals surface area contributed by atoms with Crippen LogP contribution in [0, 0.1) is 0 Å². The van der Waals surface area contributed by atoms with Gasteiger partial charge in [-0.1, -0.05) is 6.08 Å². The van der Waals surface area contributed by atoms with Crippen LogP contribution in [0.15, 0.2) is 60.4 Å². The van der Waals surface area contributed by atoms with Crippen molar-refractivity contribution in [1.82, 2.24) is 15.0 Å². The summed E-state index contributed by atoms with van der Waals surface area (Å²) in [5.41, 5.74) is 10.8. The SMILES string of the molecule is NC(=O)C1=CC=C(OC(F)(F)F)C(N)(c2cnc(-c3cccnc3)cn2)C1. The standard InChI is InChI=1S/C17H14F3N5O2/c18-17(19,20)27-14-4-3-10(15(21)26)6-16(14,22)13-9-24-12(8-25-13)11-2-1-5-23-7-11/h1-5,7-9H,6,22H2,(H2,21,26). The van der Waals surface area contributed by atoms with Gasteiger partial charge in [-0.3, -0.25) is 19.7 Å². The van der Waals surface area contributed by atoms with E-state index in [-0.39, 0.29) is 17.7 Å². The van der Waals surface area contributed by atoms with Crippen LogP contribution in [-0.2, 0) is 15.1 Å². The molecule has 0 aliphatic heterocycles. The van der Waals surface area contributed by atoms with Gasteiger partial charge in [-0.05, 0) is 18.2 Å². The third kappa shape index (κ3) is 3.95. The Morgan fingerprint density at radius 3 is 2.52 bits per heavy atom. The van der Waals surface area contributed by atoms with E-state index in [2.05, 4.69) is 19.7 Å². The van der Waals surface area contributed by atoms with Crippen LogP contribution in [0.4, 0.5) is 13.2 Å². The maximum Gasteiger partial charge on any atom is 0.572 e. The number of nitrogens with zero attached hydrogens (tertiary/aromatic N) is 3. The lowest BCUT2D eigenvalue weighted by molar-refractivity contribution is -0.310. The number of primary amides is 1. The van der Waals surface area contributed by atoms with Crippen LogP contribution in [0.1, 0.15) is 12.1 Å². The first-order valence-electron chi connectivity index (χ1n) is 7.68. The van der Waals surface area contributed by atoms with Crippen molar-refractivity contribution >= 4 is 5.91 Å². The first-order chi connectivity index (χ1) is 12.7. The van der Waals surface area contributed by atoms with E-state index >= 15 is 0 Å². The van der Waals surface area contributed by atoms with Crippen LogP contribution in [0.2, 0.25) is 0 Å². The van der Waals surface area contributed by atoms with Crippen molar-refractivity contribution in [1.29, 1.82) is 0 Å². The number of allylic oxidation sites excluding steroid dienone is 2. The van der Waals surface area contributed by atoms with Gasteiger partial charge < -0.3 is 16.2 Å². The van der Waals surface area contributed by atoms with Gasteiger partial charge in [0.15, 0.2) is 0 Å². The summed E-state index contributed by atoms with van der Waals surface area (Å²) in [6.45, 7) is 0. The highest BCUT2D eigenvalue weighted by molar-refractivity contribution is 5.93. The maximum atomic E-state index is 12.8. The fraction of sp³-hybridized carbons (Fsp3) is 0.176. The normalized spacial score (nSPS) is 19.9. The molecule has 2 aromatic rings. The van der Waals surface area contributed by atoms with E-state index in [1.54, 1.807) is 24.5 Å². The number of pyridine rings is 1. The predicted octanol–water partition coefficient (Wildman–Crippen LogP) is 1.93. The number of hydrogen-bond acceptors (Lipinski definition) is 6. The fourth-order valence-electron chi connectivity index (χ4n) is 2.63. The Balaban J connectivity index is 1.99. The van der Waals surface area contributed by atoms with Crippen molar-refractivity contribution in [2.45, 2.75) is 18.3 Å². The van der Waals surface area contributed by atoms with E-state index < -0.39 is 23.6 Å². The minimum Gasteiger partial charge on any atom is -0.408 e. The van der Waals surface area contributed by atoms with E-state index in [1.165, 1.54) is 12.4 Å². The van der Waals surface area contributed by atoms with Gasteiger partial charge in [-0.25, -0.2) is 0 Å². The Morgan fingerprint density at radius 1 is 1.19 bits per heavy atom. The van der Waals surface area contributed by atoms with Crippen molar-refractivity contribution in [3.63, 3.8) is 0 Å². The molecular formula is C17H14F3N5O2. The fourth-order valence-corrected chi connectivity index (χ4v) is 2.63. The molecule has 0 aromatic carbocycles. The summed E-state index contributed by atoms with van der Waals surface area (Å²) in [5.74, 6) is -1.41. The molecule has 2 heterocycles. The molecule has 7 nitrogen and oxygen atoms in total. The minimum absolute atomic E-state index is 0.00232. The topological polar surface area (TPSA) is 117 Å². The van der Waals surface area contributed by atoms with Gasteiger partial charge in [0.25, 0.3) is 0 Å². The molecule has 1 atom stereocenters. The molecule has 4 N–H and O–H groups in total. The zero-order valence-electron chi connectivity index (χ0n) is 13.8. The summed E-state index contributed by atoms with van der Waals surface area (Å²) in [6.07, 6.45) is 2.58. The first-order valence-corrected chi connectivity index (χ1v) is 7.68. The lowest BCUT2D eigenvalue weighted by atomic mass is 9.82. The number of carbonyl (C=O) groups is 1. The van der Waals surface area contributed by atoms with Crippen molar-refractivity contribution in [2.24, 2.45) is 11.5 Å². The van der Waals surface area contributed by atoms with Crippen LogP contribution in [0.3, 0.4) is 0 Å². The summed E-state index contributed by atoms with van der Waals surface area (Å²) >= 11 is 0. The lowest BCUT2D eigenvalue weighted by Gasteiger charge is -2.33. The summed E-state index contributed by atoms with van der Waals surface area (Å²) in [4.78, 5) is 23.8. The third-order valence-electron chi connectivity index (χ3n) is 3.95. The van der Waals surface area contributed by atoms with Crippen LogP contribution in [0.5, 0.6) is 0 Å². The molecule has 1 aliphatic rings. The smallest absolute Gasteiger partial charge is 0.408 e. The summed E-state index contributed by atoms with van der Waals surface area (Å²) in [7, 11) is 0. The van der Waals surface area contributed by atoms with Crippen molar-refractivity contribution in [3.8, 4) is 11.3 Å². The number of rotatable bonds is 4. The Labute approximate surface area is 151 Å². The molecule has 0 radical (unpaired) electrons. The molecule has 0 saturated heterocycles. The molecule has 1 amide bonds. The molecular weight excluding hydrogens is 363 g/mol. The predicted molar refractivity (Wildman–Crippen MR) is 88.2 cm³/mol. The quantitative estimate of drug-likeness (QED) is 0.841. The number of halogens is 3. The highest BCUT2D eigenvalue weighted by atomic mass is 19.4. The zero-order chi connectivity index (χ0) is 19.7. The van der Waals surface area contributed by atoms with Gasteiger partial charge in [0.2, 0.25) is 5.91 Å². The van der Waals surface area contributed by atoms with Gasteiger partial charge >= 0.3 is 6.36 Å². The van der Waals surface area contributed by atoms with E-state index in [0.717, 1.165) is 12.2 Å².